The highest BCUT2D eigenvalue weighted by molar-refractivity contribution is 5.57. The summed E-state index contributed by atoms with van der Waals surface area (Å²) in [5.41, 5.74) is 0. The molecule has 0 N–H and O–H groups in total. The van der Waals surface area contributed by atoms with E-state index in [-0.39, 0.29) is 0 Å². The molecule has 2 atom stereocenters. The minimum absolute atomic E-state index is 0.567. The number of piperidine rings is 2. The maximum atomic E-state index is 4.84. The summed E-state index contributed by atoms with van der Waals surface area (Å²) in [5, 5.41) is 0. The SMILES string of the molecule is CCC1CCN(CCC=N[C@@H]2CCN(C)C[C@H]2C)CC1. The summed E-state index contributed by atoms with van der Waals surface area (Å²) in [4.78, 5) is 9.88. The van der Waals surface area contributed by atoms with Crippen LogP contribution in [0.2, 0.25) is 0 Å². The quantitative estimate of drug-likeness (QED) is 0.721. The first kappa shape index (κ1) is 16.0. The molecule has 0 spiro atoms. The molecule has 2 rings (SSSR count). The van der Waals surface area contributed by atoms with Crippen molar-refractivity contribution in [3.05, 3.63) is 0 Å². The van der Waals surface area contributed by atoms with Crippen LogP contribution < -0.4 is 0 Å². The fourth-order valence-electron chi connectivity index (χ4n) is 3.63. The van der Waals surface area contributed by atoms with Gasteiger partial charge in [-0.05, 0) is 64.2 Å². The Morgan fingerprint density at radius 2 is 1.90 bits per heavy atom. The second-order valence-electron chi connectivity index (χ2n) is 6.91. The zero-order valence-electron chi connectivity index (χ0n) is 13.7. The van der Waals surface area contributed by atoms with Gasteiger partial charge in [-0.1, -0.05) is 20.3 Å². The van der Waals surface area contributed by atoms with Gasteiger partial charge in [0.05, 0.1) is 6.04 Å². The Hall–Kier alpha value is -0.410. The highest BCUT2D eigenvalue weighted by Gasteiger charge is 2.22. The number of aliphatic imine (C=N–C) groups is 1. The van der Waals surface area contributed by atoms with E-state index < -0.39 is 0 Å². The van der Waals surface area contributed by atoms with Crippen molar-refractivity contribution in [1.29, 1.82) is 0 Å². The van der Waals surface area contributed by atoms with E-state index in [1.54, 1.807) is 0 Å². The third kappa shape index (κ3) is 4.85. The molecule has 2 fully saturated rings. The van der Waals surface area contributed by atoms with Gasteiger partial charge < -0.3 is 9.80 Å². The average Bonchev–Trinajstić information content (AvgIpc) is 2.46. The van der Waals surface area contributed by atoms with Crippen LogP contribution >= 0.6 is 0 Å². The number of rotatable bonds is 5. The molecular formula is C17H33N3. The highest BCUT2D eigenvalue weighted by Crippen LogP contribution is 2.20. The van der Waals surface area contributed by atoms with Crippen molar-refractivity contribution in [3.8, 4) is 0 Å². The summed E-state index contributed by atoms with van der Waals surface area (Å²) >= 11 is 0. The molecular weight excluding hydrogens is 246 g/mol. The predicted octanol–water partition coefficient (Wildman–Crippen LogP) is 2.91. The van der Waals surface area contributed by atoms with Gasteiger partial charge in [0.2, 0.25) is 0 Å². The zero-order valence-corrected chi connectivity index (χ0v) is 13.7. The van der Waals surface area contributed by atoms with Crippen LogP contribution in [0.5, 0.6) is 0 Å². The van der Waals surface area contributed by atoms with Gasteiger partial charge in [0.25, 0.3) is 0 Å². The Labute approximate surface area is 125 Å². The minimum Gasteiger partial charge on any atom is -0.306 e. The molecule has 0 radical (unpaired) electrons. The molecule has 0 aromatic carbocycles. The summed E-state index contributed by atoms with van der Waals surface area (Å²) in [6, 6.07) is 0.567. The zero-order chi connectivity index (χ0) is 14.4. The lowest BCUT2D eigenvalue weighted by atomic mass is 9.94. The van der Waals surface area contributed by atoms with E-state index in [1.165, 1.54) is 58.4 Å². The second-order valence-corrected chi connectivity index (χ2v) is 6.91. The molecule has 0 aromatic rings. The van der Waals surface area contributed by atoms with Gasteiger partial charge in [0.15, 0.2) is 0 Å². The van der Waals surface area contributed by atoms with E-state index in [2.05, 4.69) is 36.9 Å². The summed E-state index contributed by atoms with van der Waals surface area (Å²) < 4.78 is 0. The molecule has 0 bridgehead atoms. The largest absolute Gasteiger partial charge is 0.306 e. The van der Waals surface area contributed by atoms with Crippen molar-refractivity contribution in [2.45, 2.75) is 52.0 Å². The number of hydrogen-bond acceptors (Lipinski definition) is 3. The van der Waals surface area contributed by atoms with Gasteiger partial charge >= 0.3 is 0 Å². The molecule has 2 heterocycles. The van der Waals surface area contributed by atoms with Gasteiger partial charge in [-0.3, -0.25) is 4.99 Å². The smallest absolute Gasteiger partial charge is 0.0545 e. The van der Waals surface area contributed by atoms with Crippen molar-refractivity contribution in [1.82, 2.24) is 9.80 Å². The normalized spacial score (nSPS) is 31.1. The van der Waals surface area contributed by atoms with E-state index in [4.69, 9.17) is 4.99 Å². The Morgan fingerprint density at radius 3 is 2.55 bits per heavy atom. The molecule has 116 valence electrons. The highest BCUT2D eigenvalue weighted by atomic mass is 15.1. The minimum atomic E-state index is 0.567. The van der Waals surface area contributed by atoms with Gasteiger partial charge in [0, 0.05) is 19.3 Å². The third-order valence-corrected chi connectivity index (χ3v) is 5.22. The van der Waals surface area contributed by atoms with Crippen molar-refractivity contribution in [3.63, 3.8) is 0 Å². The fraction of sp³-hybridized carbons (Fsp3) is 0.941. The fourth-order valence-corrected chi connectivity index (χ4v) is 3.63. The Morgan fingerprint density at radius 1 is 1.15 bits per heavy atom. The van der Waals surface area contributed by atoms with Crippen molar-refractivity contribution < 1.29 is 0 Å². The standard InChI is InChI=1S/C17H33N3/c1-4-16-6-12-20(13-7-16)10-5-9-18-17-8-11-19(3)14-15(17)2/h9,15-17H,4-8,10-14H2,1-3H3/t15-,17-/m1/s1. The summed E-state index contributed by atoms with van der Waals surface area (Å²) in [6.07, 6.45) is 8.74. The topological polar surface area (TPSA) is 18.8 Å². The van der Waals surface area contributed by atoms with Gasteiger partial charge in [-0.25, -0.2) is 0 Å². The van der Waals surface area contributed by atoms with Crippen LogP contribution in [-0.4, -0.2) is 61.8 Å². The molecule has 0 aromatic heterocycles. The van der Waals surface area contributed by atoms with E-state index in [9.17, 15) is 0 Å². The van der Waals surface area contributed by atoms with Gasteiger partial charge in [-0.15, -0.1) is 0 Å². The van der Waals surface area contributed by atoms with Gasteiger partial charge in [-0.2, -0.15) is 0 Å². The van der Waals surface area contributed by atoms with E-state index in [1.807, 2.05) is 0 Å². The molecule has 0 amide bonds. The number of nitrogens with zero attached hydrogens (tertiary/aromatic N) is 3. The van der Waals surface area contributed by atoms with Crippen LogP contribution in [0.1, 0.15) is 46.0 Å². The molecule has 0 aliphatic carbocycles. The summed E-state index contributed by atoms with van der Waals surface area (Å²) in [5.74, 6) is 1.70. The molecule has 0 saturated carbocycles. The van der Waals surface area contributed by atoms with Crippen LogP contribution in [0.25, 0.3) is 0 Å². The Balaban J connectivity index is 1.62. The maximum absolute atomic E-state index is 4.84. The molecule has 2 aliphatic rings. The molecule has 0 unspecified atom stereocenters. The van der Waals surface area contributed by atoms with Crippen molar-refractivity contribution >= 4 is 6.21 Å². The first-order valence-corrected chi connectivity index (χ1v) is 8.61. The molecule has 20 heavy (non-hydrogen) atoms. The van der Waals surface area contributed by atoms with Crippen LogP contribution in [0, 0.1) is 11.8 Å². The lowest BCUT2D eigenvalue weighted by Crippen LogP contribution is -2.39. The molecule has 3 heteroatoms. The first-order valence-electron chi connectivity index (χ1n) is 8.61. The van der Waals surface area contributed by atoms with Crippen LogP contribution in [0.3, 0.4) is 0 Å². The molecule has 2 aliphatic heterocycles. The maximum Gasteiger partial charge on any atom is 0.0545 e. The van der Waals surface area contributed by atoms with Gasteiger partial charge in [0.1, 0.15) is 0 Å². The third-order valence-electron chi connectivity index (χ3n) is 5.22. The Bertz CT molecular complexity index is 295. The van der Waals surface area contributed by atoms with Crippen molar-refractivity contribution in [2.24, 2.45) is 16.8 Å². The number of hydrogen-bond donors (Lipinski definition) is 0. The molecule has 2 saturated heterocycles. The second kappa shape index (κ2) is 8.14. The van der Waals surface area contributed by atoms with Crippen LogP contribution in [-0.2, 0) is 0 Å². The van der Waals surface area contributed by atoms with E-state index in [0.29, 0.717) is 12.0 Å². The lowest BCUT2D eigenvalue weighted by Gasteiger charge is -2.32. The van der Waals surface area contributed by atoms with Crippen LogP contribution in [0.4, 0.5) is 0 Å². The van der Waals surface area contributed by atoms with E-state index >= 15 is 0 Å². The van der Waals surface area contributed by atoms with Crippen LogP contribution in [0.15, 0.2) is 4.99 Å². The lowest BCUT2D eigenvalue weighted by molar-refractivity contribution is 0.186. The van der Waals surface area contributed by atoms with Crippen molar-refractivity contribution in [2.75, 3.05) is 39.8 Å². The first-order chi connectivity index (χ1) is 9.69. The van der Waals surface area contributed by atoms with E-state index in [0.717, 1.165) is 12.3 Å². The summed E-state index contributed by atoms with van der Waals surface area (Å²) in [7, 11) is 2.22. The summed E-state index contributed by atoms with van der Waals surface area (Å²) in [6.45, 7) is 10.9. The average molecular weight is 279 g/mol. The predicted molar refractivity (Wildman–Crippen MR) is 87.6 cm³/mol. The molecule has 3 nitrogen and oxygen atoms in total. The monoisotopic (exact) mass is 279 g/mol. The Kier molecular flexibility index (Phi) is 6.50. The number of likely N-dealkylation sites (tertiary alicyclic amines) is 2.